The smallest absolute Gasteiger partial charge is 0.408 e. The Morgan fingerprint density at radius 3 is 2.27 bits per heavy atom. The third-order valence-corrected chi connectivity index (χ3v) is 3.55. The molecule has 0 spiro atoms. The van der Waals surface area contributed by atoms with E-state index in [2.05, 4.69) is 5.32 Å². The lowest BCUT2D eigenvalue weighted by atomic mass is 10.0. The van der Waals surface area contributed by atoms with Gasteiger partial charge in [0.05, 0.1) is 14.2 Å². The van der Waals surface area contributed by atoms with Gasteiger partial charge in [0, 0.05) is 31.7 Å². The molecule has 1 N–H and O–H groups in total. The molecule has 1 aromatic carbocycles. The van der Waals surface area contributed by atoms with Crippen molar-refractivity contribution in [2.45, 2.75) is 12.2 Å². The molecule has 0 bridgehead atoms. The number of benzene rings is 1. The van der Waals surface area contributed by atoms with E-state index in [-0.39, 0.29) is 23.7 Å². The van der Waals surface area contributed by atoms with Crippen LogP contribution >= 0.6 is 12.4 Å². The summed E-state index contributed by atoms with van der Waals surface area (Å²) >= 11 is 0. The molecule has 8 heteroatoms. The van der Waals surface area contributed by atoms with Gasteiger partial charge in [-0.1, -0.05) is 12.1 Å². The second kappa shape index (κ2) is 7.89. The predicted molar refractivity (Wildman–Crippen MR) is 80.0 cm³/mol. The van der Waals surface area contributed by atoms with Crippen LogP contribution in [0, 0.1) is 0 Å². The highest BCUT2D eigenvalue weighted by Crippen LogP contribution is 2.44. The predicted octanol–water partition coefficient (Wildman–Crippen LogP) is 2.63. The highest BCUT2D eigenvalue weighted by atomic mass is 35.5. The maximum absolute atomic E-state index is 13.6. The van der Waals surface area contributed by atoms with E-state index in [1.807, 2.05) is 0 Å². The summed E-state index contributed by atoms with van der Waals surface area (Å²) in [6.45, 7) is 1.76. The fourth-order valence-corrected chi connectivity index (χ4v) is 2.65. The molecule has 4 nitrogen and oxygen atoms in total. The average molecular weight is 341 g/mol. The maximum Gasteiger partial charge on any atom is 0.408 e. The standard InChI is InChI=1S/C14H19F3N2O2.ClH/c1-20-11-5-3-4-10(12(11)21-2)13(14(15,16)17)19-8-6-18-7-9-19;/h3-5,13,18H,6-9H2,1-2H3;1H/t13-;/m0./s1. The van der Waals surface area contributed by atoms with Crippen molar-refractivity contribution < 1.29 is 22.6 Å². The molecule has 1 saturated heterocycles. The molecule has 1 heterocycles. The SMILES string of the molecule is COc1cccc([C@H](N2CCNCC2)C(F)(F)F)c1OC.Cl. The topological polar surface area (TPSA) is 33.7 Å². The minimum absolute atomic E-state index is 0. The first kappa shape index (κ1) is 18.9. The summed E-state index contributed by atoms with van der Waals surface area (Å²) in [7, 11) is 2.77. The van der Waals surface area contributed by atoms with Crippen LogP contribution in [0.15, 0.2) is 18.2 Å². The van der Waals surface area contributed by atoms with Gasteiger partial charge in [-0.25, -0.2) is 0 Å². The molecule has 2 rings (SSSR count). The van der Waals surface area contributed by atoms with Crippen LogP contribution in [0.1, 0.15) is 11.6 Å². The molecule has 1 atom stereocenters. The van der Waals surface area contributed by atoms with Crippen LogP contribution in [0.25, 0.3) is 0 Å². The van der Waals surface area contributed by atoms with E-state index in [0.717, 1.165) is 0 Å². The third-order valence-electron chi connectivity index (χ3n) is 3.55. The third kappa shape index (κ3) is 3.97. The number of para-hydroxylation sites is 1. The van der Waals surface area contributed by atoms with E-state index in [4.69, 9.17) is 9.47 Å². The number of rotatable bonds is 4. The quantitative estimate of drug-likeness (QED) is 0.913. The molecule has 1 aliphatic heterocycles. The zero-order valence-electron chi connectivity index (χ0n) is 12.4. The van der Waals surface area contributed by atoms with Gasteiger partial charge in [0.25, 0.3) is 0 Å². The molecular weight excluding hydrogens is 321 g/mol. The van der Waals surface area contributed by atoms with Crippen molar-refractivity contribution in [1.29, 1.82) is 0 Å². The van der Waals surface area contributed by atoms with Gasteiger partial charge in [0.1, 0.15) is 6.04 Å². The molecule has 0 unspecified atom stereocenters. The Labute approximate surface area is 134 Å². The fraction of sp³-hybridized carbons (Fsp3) is 0.571. The van der Waals surface area contributed by atoms with E-state index >= 15 is 0 Å². The van der Waals surface area contributed by atoms with E-state index in [1.54, 1.807) is 12.1 Å². The lowest BCUT2D eigenvalue weighted by Crippen LogP contribution is -2.49. The normalized spacial score (nSPS) is 17.5. The second-order valence-electron chi connectivity index (χ2n) is 4.81. The fourth-order valence-electron chi connectivity index (χ4n) is 2.65. The van der Waals surface area contributed by atoms with Gasteiger partial charge in [-0.05, 0) is 6.07 Å². The first-order chi connectivity index (χ1) is 9.99. The van der Waals surface area contributed by atoms with Crippen molar-refractivity contribution in [1.82, 2.24) is 10.2 Å². The summed E-state index contributed by atoms with van der Waals surface area (Å²) in [6, 6.07) is 2.90. The summed E-state index contributed by atoms with van der Waals surface area (Å²) in [5, 5.41) is 3.06. The number of nitrogens with zero attached hydrogens (tertiary/aromatic N) is 1. The molecule has 1 aromatic rings. The monoisotopic (exact) mass is 340 g/mol. The zero-order valence-corrected chi connectivity index (χ0v) is 13.3. The molecule has 0 saturated carbocycles. The van der Waals surface area contributed by atoms with Crippen LogP contribution in [0.3, 0.4) is 0 Å². The molecule has 0 aliphatic carbocycles. The Balaban J connectivity index is 0.00000242. The highest BCUT2D eigenvalue weighted by Gasteiger charge is 2.46. The van der Waals surface area contributed by atoms with Gasteiger partial charge in [0.2, 0.25) is 0 Å². The number of alkyl halides is 3. The molecule has 1 fully saturated rings. The summed E-state index contributed by atoms with van der Waals surface area (Å²) in [5.41, 5.74) is 0.0891. The van der Waals surface area contributed by atoms with E-state index in [1.165, 1.54) is 25.2 Å². The van der Waals surface area contributed by atoms with Crippen LogP contribution in [-0.2, 0) is 0 Å². The van der Waals surface area contributed by atoms with Crippen molar-refractivity contribution in [3.05, 3.63) is 23.8 Å². The van der Waals surface area contributed by atoms with Gasteiger partial charge in [0.15, 0.2) is 11.5 Å². The summed E-state index contributed by atoms with van der Waals surface area (Å²) in [4.78, 5) is 1.42. The van der Waals surface area contributed by atoms with E-state index in [9.17, 15) is 13.2 Å². The van der Waals surface area contributed by atoms with Crippen molar-refractivity contribution in [2.24, 2.45) is 0 Å². The lowest BCUT2D eigenvalue weighted by molar-refractivity contribution is -0.188. The number of nitrogens with one attached hydrogen (secondary N) is 1. The van der Waals surface area contributed by atoms with Crippen molar-refractivity contribution in [2.75, 3.05) is 40.4 Å². The van der Waals surface area contributed by atoms with Crippen LogP contribution in [0.2, 0.25) is 0 Å². The van der Waals surface area contributed by atoms with Crippen LogP contribution in [0.4, 0.5) is 13.2 Å². The maximum atomic E-state index is 13.6. The first-order valence-electron chi connectivity index (χ1n) is 6.71. The zero-order chi connectivity index (χ0) is 15.5. The number of hydrogen-bond donors (Lipinski definition) is 1. The lowest BCUT2D eigenvalue weighted by Gasteiger charge is -2.36. The number of methoxy groups -OCH3 is 2. The molecule has 22 heavy (non-hydrogen) atoms. The minimum Gasteiger partial charge on any atom is -0.493 e. The van der Waals surface area contributed by atoms with Gasteiger partial charge in [-0.3, -0.25) is 4.90 Å². The van der Waals surface area contributed by atoms with E-state index in [0.29, 0.717) is 31.9 Å². The molecule has 0 aromatic heterocycles. The Morgan fingerprint density at radius 2 is 1.77 bits per heavy atom. The summed E-state index contributed by atoms with van der Waals surface area (Å²) < 4.78 is 51.0. The van der Waals surface area contributed by atoms with Crippen molar-refractivity contribution in [3.8, 4) is 11.5 Å². The largest absolute Gasteiger partial charge is 0.493 e. The summed E-state index contributed by atoms with van der Waals surface area (Å²) in [5.74, 6) is 0.445. The average Bonchev–Trinajstić information content (AvgIpc) is 2.46. The Bertz CT molecular complexity index is 480. The first-order valence-corrected chi connectivity index (χ1v) is 6.71. The number of piperazine rings is 1. The van der Waals surface area contributed by atoms with Crippen molar-refractivity contribution >= 4 is 12.4 Å². The highest BCUT2D eigenvalue weighted by molar-refractivity contribution is 5.85. The Kier molecular flexibility index (Phi) is 6.77. The second-order valence-corrected chi connectivity index (χ2v) is 4.81. The van der Waals surface area contributed by atoms with Crippen LogP contribution in [0.5, 0.6) is 11.5 Å². The molecule has 126 valence electrons. The van der Waals surface area contributed by atoms with Crippen molar-refractivity contribution in [3.63, 3.8) is 0 Å². The van der Waals surface area contributed by atoms with Gasteiger partial charge >= 0.3 is 6.18 Å². The number of hydrogen-bond acceptors (Lipinski definition) is 4. The van der Waals surface area contributed by atoms with Crippen LogP contribution in [-0.4, -0.2) is 51.5 Å². The van der Waals surface area contributed by atoms with Gasteiger partial charge in [-0.2, -0.15) is 13.2 Å². The van der Waals surface area contributed by atoms with Gasteiger partial charge in [-0.15, -0.1) is 12.4 Å². The molecule has 0 radical (unpaired) electrons. The molecular formula is C14H20ClF3N2O2. The number of halogens is 4. The summed E-state index contributed by atoms with van der Waals surface area (Å²) in [6.07, 6.45) is -4.38. The van der Waals surface area contributed by atoms with Crippen LogP contribution < -0.4 is 14.8 Å². The molecule has 1 aliphatic rings. The minimum atomic E-state index is -4.38. The molecule has 0 amide bonds. The van der Waals surface area contributed by atoms with E-state index < -0.39 is 12.2 Å². The number of ether oxygens (including phenoxy) is 2. The van der Waals surface area contributed by atoms with Gasteiger partial charge < -0.3 is 14.8 Å². The Morgan fingerprint density at radius 1 is 1.14 bits per heavy atom. The Hall–Kier alpha value is -1.18.